The van der Waals surface area contributed by atoms with Gasteiger partial charge in [-0.25, -0.2) is 4.79 Å². The number of nitrogens with one attached hydrogen (secondary N) is 1. The van der Waals surface area contributed by atoms with Crippen LogP contribution in [0.25, 0.3) is 0 Å². The number of hydrogen-bond acceptors (Lipinski definition) is 3. The molecule has 0 aliphatic rings. The van der Waals surface area contributed by atoms with Crippen LogP contribution >= 0.6 is 34.8 Å². The van der Waals surface area contributed by atoms with Gasteiger partial charge in [0.2, 0.25) is 10.2 Å². The first kappa shape index (κ1) is 27.1. The average Bonchev–Trinajstić information content (AvgIpc) is 2.71. The highest BCUT2D eigenvalue weighted by Gasteiger charge is 2.33. The monoisotopic (exact) mass is 477 g/mol. The summed E-state index contributed by atoms with van der Waals surface area (Å²) < 4.78 is 3.16. The highest BCUT2D eigenvalue weighted by Crippen LogP contribution is 2.29. The molecular formula is C23H34Cl3NO3. The molecule has 0 radical (unpaired) electrons. The average molecular weight is 479 g/mol. The van der Waals surface area contributed by atoms with E-state index in [0.717, 1.165) is 63.4 Å². The molecule has 1 N–H and O–H groups in total. The third-order valence-electron chi connectivity index (χ3n) is 5.05. The Morgan fingerprint density at radius 1 is 1.00 bits per heavy atom. The SMILES string of the molecule is CCCC(=O)NC(CCCCCCCCCC(Cl)(Cl)C(=O)OC)c1ccc(Cl)cc1. The molecule has 7 heteroatoms. The third-order valence-corrected chi connectivity index (χ3v) is 5.99. The second-order valence-electron chi connectivity index (χ2n) is 7.63. The van der Waals surface area contributed by atoms with E-state index >= 15 is 0 Å². The number of benzene rings is 1. The molecule has 1 rings (SSSR count). The van der Waals surface area contributed by atoms with Crippen molar-refractivity contribution < 1.29 is 14.3 Å². The molecule has 1 atom stereocenters. The molecule has 0 aliphatic carbocycles. The van der Waals surface area contributed by atoms with Gasteiger partial charge in [-0.1, -0.05) is 92.4 Å². The van der Waals surface area contributed by atoms with Gasteiger partial charge >= 0.3 is 5.97 Å². The lowest BCUT2D eigenvalue weighted by molar-refractivity contribution is -0.141. The minimum Gasteiger partial charge on any atom is -0.467 e. The molecular weight excluding hydrogens is 445 g/mol. The molecule has 0 spiro atoms. The number of alkyl halides is 2. The van der Waals surface area contributed by atoms with Gasteiger partial charge in [0.25, 0.3) is 0 Å². The number of carbonyl (C=O) groups is 2. The van der Waals surface area contributed by atoms with Crippen LogP contribution in [0.2, 0.25) is 5.02 Å². The van der Waals surface area contributed by atoms with Crippen LogP contribution in [0.15, 0.2) is 24.3 Å². The number of halogens is 3. The Morgan fingerprint density at radius 2 is 1.57 bits per heavy atom. The van der Waals surface area contributed by atoms with Gasteiger partial charge in [0.15, 0.2) is 0 Å². The summed E-state index contributed by atoms with van der Waals surface area (Å²) in [5.41, 5.74) is 1.10. The zero-order valence-electron chi connectivity index (χ0n) is 18.0. The van der Waals surface area contributed by atoms with Crippen molar-refractivity contribution in [1.29, 1.82) is 0 Å². The van der Waals surface area contributed by atoms with E-state index in [-0.39, 0.29) is 11.9 Å². The maximum Gasteiger partial charge on any atom is 0.342 e. The molecule has 1 amide bonds. The van der Waals surface area contributed by atoms with E-state index in [4.69, 9.17) is 34.8 Å². The molecule has 1 aromatic carbocycles. The molecule has 0 aromatic heterocycles. The van der Waals surface area contributed by atoms with Crippen LogP contribution in [0, 0.1) is 0 Å². The zero-order valence-corrected chi connectivity index (χ0v) is 20.3. The van der Waals surface area contributed by atoms with Crippen molar-refractivity contribution in [3.63, 3.8) is 0 Å². The molecule has 0 aliphatic heterocycles. The van der Waals surface area contributed by atoms with Crippen LogP contribution in [0.1, 0.15) is 89.2 Å². The number of amides is 1. The Morgan fingerprint density at radius 3 is 2.13 bits per heavy atom. The molecule has 0 saturated heterocycles. The van der Waals surface area contributed by atoms with Crippen LogP contribution in [0.3, 0.4) is 0 Å². The maximum absolute atomic E-state index is 12.1. The smallest absolute Gasteiger partial charge is 0.342 e. The van der Waals surface area contributed by atoms with Crippen LogP contribution in [0.5, 0.6) is 0 Å². The number of ether oxygens (including phenoxy) is 1. The van der Waals surface area contributed by atoms with Crippen molar-refractivity contribution in [2.45, 2.75) is 87.9 Å². The first-order valence-electron chi connectivity index (χ1n) is 10.8. The fourth-order valence-electron chi connectivity index (χ4n) is 3.34. The van der Waals surface area contributed by atoms with Crippen molar-refractivity contribution in [2.24, 2.45) is 0 Å². The number of carbonyl (C=O) groups excluding carboxylic acids is 2. The van der Waals surface area contributed by atoms with Gasteiger partial charge in [0, 0.05) is 11.4 Å². The Bertz CT molecular complexity index is 635. The number of rotatable bonds is 15. The van der Waals surface area contributed by atoms with E-state index in [9.17, 15) is 9.59 Å². The summed E-state index contributed by atoms with van der Waals surface area (Å²) in [5, 5.41) is 3.85. The van der Waals surface area contributed by atoms with Crippen LogP contribution < -0.4 is 5.32 Å². The highest BCUT2D eigenvalue weighted by molar-refractivity contribution is 6.57. The van der Waals surface area contributed by atoms with Gasteiger partial charge in [-0.3, -0.25) is 4.79 Å². The Hall–Kier alpha value is -0.970. The number of hydrogen-bond donors (Lipinski definition) is 1. The molecule has 0 heterocycles. The number of esters is 1. The standard InChI is InChI=1S/C23H34Cl3NO3/c1-3-11-21(28)27-20(18-13-15-19(24)16-14-18)12-9-7-5-4-6-8-10-17-23(25,26)22(29)30-2/h13-16,20H,3-12,17H2,1-2H3,(H,27,28). The second kappa shape index (κ2) is 14.9. The molecule has 30 heavy (non-hydrogen) atoms. The largest absolute Gasteiger partial charge is 0.467 e. The van der Waals surface area contributed by atoms with Gasteiger partial charge in [0.1, 0.15) is 0 Å². The van der Waals surface area contributed by atoms with Gasteiger partial charge in [-0.15, -0.1) is 0 Å². The summed E-state index contributed by atoms with van der Waals surface area (Å²) in [6.07, 6.45) is 10.0. The molecule has 1 unspecified atom stereocenters. The lowest BCUT2D eigenvalue weighted by Crippen LogP contribution is -2.28. The summed E-state index contributed by atoms with van der Waals surface area (Å²) >= 11 is 17.9. The normalized spacial score (nSPS) is 12.4. The van der Waals surface area contributed by atoms with Gasteiger partial charge in [0.05, 0.1) is 13.2 Å². The Labute approximate surface area is 196 Å². The lowest BCUT2D eigenvalue weighted by atomic mass is 9.99. The first-order valence-corrected chi connectivity index (χ1v) is 11.9. The van der Waals surface area contributed by atoms with E-state index in [1.807, 2.05) is 31.2 Å². The van der Waals surface area contributed by atoms with Crippen molar-refractivity contribution in [2.75, 3.05) is 7.11 Å². The fraction of sp³-hybridized carbons (Fsp3) is 0.652. The van der Waals surface area contributed by atoms with E-state index in [2.05, 4.69) is 10.1 Å². The quantitative estimate of drug-likeness (QED) is 0.165. The minimum absolute atomic E-state index is 0.0280. The minimum atomic E-state index is -1.44. The molecule has 4 nitrogen and oxygen atoms in total. The predicted molar refractivity (Wildman–Crippen MR) is 125 cm³/mol. The second-order valence-corrected chi connectivity index (χ2v) is 9.55. The van der Waals surface area contributed by atoms with E-state index in [1.54, 1.807) is 0 Å². The van der Waals surface area contributed by atoms with Crippen molar-refractivity contribution in [3.05, 3.63) is 34.9 Å². The van der Waals surface area contributed by atoms with E-state index < -0.39 is 10.3 Å². The zero-order chi connectivity index (χ0) is 22.4. The molecule has 1 aromatic rings. The molecule has 170 valence electrons. The van der Waals surface area contributed by atoms with Gasteiger partial charge < -0.3 is 10.1 Å². The predicted octanol–water partition coefficient (Wildman–Crippen LogP) is 7.16. The molecule has 0 fully saturated rings. The maximum atomic E-state index is 12.1. The van der Waals surface area contributed by atoms with Crippen molar-refractivity contribution in [3.8, 4) is 0 Å². The third kappa shape index (κ3) is 10.9. The molecule has 0 bridgehead atoms. The number of unbranched alkanes of at least 4 members (excludes halogenated alkanes) is 6. The Balaban J connectivity index is 2.27. The highest BCUT2D eigenvalue weighted by atomic mass is 35.5. The molecule has 0 saturated carbocycles. The summed E-state index contributed by atoms with van der Waals surface area (Å²) in [6.45, 7) is 2.01. The van der Waals surface area contributed by atoms with Gasteiger partial charge in [-0.2, -0.15) is 0 Å². The summed E-state index contributed by atoms with van der Waals surface area (Å²) in [5.74, 6) is -0.494. The van der Waals surface area contributed by atoms with Crippen LogP contribution in [0.4, 0.5) is 0 Å². The van der Waals surface area contributed by atoms with Crippen molar-refractivity contribution in [1.82, 2.24) is 5.32 Å². The fourth-order valence-corrected chi connectivity index (χ4v) is 3.89. The van der Waals surface area contributed by atoms with Crippen LogP contribution in [-0.4, -0.2) is 23.3 Å². The number of methoxy groups -OCH3 is 1. The van der Waals surface area contributed by atoms with E-state index in [1.165, 1.54) is 7.11 Å². The van der Waals surface area contributed by atoms with E-state index in [0.29, 0.717) is 17.9 Å². The first-order chi connectivity index (χ1) is 14.3. The summed E-state index contributed by atoms with van der Waals surface area (Å²) in [6, 6.07) is 7.74. The van der Waals surface area contributed by atoms with Crippen LogP contribution in [-0.2, 0) is 14.3 Å². The summed E-state index contributed by atoms with van der Waals surface area (Å²) in [4.78, 5) is 23.5. The topological polar surface area (TPSA) is 55.4 Å². The Kier molecular flexibility index (Phi) is 13.5. The summed E-state index contributed by atoms with van der Waals surface area (Å²) in [7, 11) is 1.29. The van der Waals surface area contributed by atoms with Gasteiger partial charge in [-0.05, 0) is 43.4 Å². The van der Waals surface area contributed by atoms with Crippen molar-refractivity contribution >= 4 is 46.7 Å². The lowest BCUT2D eigenvalue weighted by Gasteiger charge is -2.19.